The van der Waals surface area contributed by atoms with Gasteiger partial charge in [-0.3, -0.25) is 4.79 Å². The van der Waals surface area contributed by atoms with Crippen LogP contribution in [-0.2, 0) is 9.53 Å². The van der Waals surface area contributed by atoms with Crippen LogP contribution in [0.2, 0.25) is 0 Å². The zero-order valence-electron chi connectivity index (χ0n) is 13.6. The summed E-state index contributed by atoms with van der Waals surface area (Å²) in [6, 6.07) is 2.19. The molecule has 0 bridgehead atoms. The maximum Gasteiger partial charge on any atom is 0.243 e. The van der Waals surface area contributed by atoms with E-state index < -0.39 is 5.54 Å². The lowest BCUT2D eigenvalue weighted by molar-refractivity contribution is -0.230. The fourth-order valence-electron chi connectivity index (χ4n) is 4.00. The highest BCUT2D eigenvalue weighted by Crippen LogP contribution is 2.57. The van der Waals surface area contributed by atoms with Gasteiger partial charge in [-0.25, -0.2) is 0 Å². The predicted octanol–water partition coefficient (Wildman–Crippen LogP) is 1.53. The summed E-state index contributed by atoms with van der Waals surface area (Å²) in [4.78, 5) is 14.8. The standard InChI is InChI=1S/C16H27N3O2/c1-5-19(10-11(2)9-17)14(20)16(18)12-7-6-8-21-13(12)15(16,3)4/h11-13H,5-8,10,18H2,1-4H3. The number of fused-ring (bicyclic) bond motifs is 1. The first-order chi connectivity index (χ1) is 9.80. The lowest BCUT2D eigenvalue weighted by Gasteiger charge is -2.65. The predicted molar refractivity (Wildman–Crippen MR) is 80.2 cm³/mol. The molecule has 4 atom stereocenters. The molecule has 118 valence electrons. The van der Waals surface area contributed by atoms with Gasteiger partial charge < -0.3 is 15.4 Å². The number of carbonyl (C=O) groups is 1. The number of amides is 1. The zero-order valence-corrected chi connectivity index (χ0v) is 13.6. The number of rotatable bonds is 4. The van der Waals surface area contributed by atoms with Gasteiger partial charge in [-0.1, -0.05) is 13.8 Å². The van der Waals surface area contributed by atoms with E-state index in [0.717, 1.165) is 19.4 Å². The van der Waals surface area contributed by atoms with E-state index in [1.165, 1.54) is 0 Å². The third kappa shape index (κ3) is 2.25. The molecular weight excluding hydrogens is 266 g/mol. The van der Waals surface area contributed by atoms with Crippen LogP contribution >= 0.6 is 0 Å². The minimum absolute atomic E-state index is 0.0242. The minimum atomic E-state index is -0.872. The number of hydrogen-bond donors (Lipinski definition) is 1. The first-order valence-electron chi connectivity index (χ1n) is 7.90. The topological polar surface area (TPSA) is 79.4 Å². The van der Waals surface area contributed by atoms with Crippen molar-refractivity contribution >= 4 is 5.91 Å². The molecule has 0 aromatic carbocycles. The van der Waals surface area contributed by atoms with E-state index in [0.29, 0.717) is 13.1 Å². The molecule has 0 aromatic heterocycles. The summed E-state index contributed by atoms with van der Waals surface area (Å²) < 4.78 is 5.85. The monoisotopic (exact) mass is 293 g/mol. The number of ether oxygens (including phenoxy) is 1. The molecular formula is C16H27N3O2. The van der Waals surface area contributed by atoms with Gasteiger partial charge in [0.15, 0.2) is 0 Å². The van der Waals surface area contributed by atoms with Crippen LogP contribution in [0.3, 0.4) is 0 Å². The molecule has 0 aromatic rings. The summed E-state index contributed by atoms with van der Waals surface area (Å²) in [5, 5.41) is 8.99. The molecule has 2 rings (SSSR count). The van der Waals surface area contributed by atoms with Crippen LogP contribution in [0.25, 0.3) is 0 Å². The second kappa shape index (κ2) is 5.58. The molecule has 2 fully saturated rings. The Bertz CT molecular complexity index is 457. The van der Waals surface area contributed by atoms with E-state index >= 15 is 0 Å². The van der Waals surface area contributed by atoms with Gasteiger partial charge in [0.1, 0.15) is 5.54 Å². The normalized spacial score (nSPS) is 35.0. The maximum absolute atomic E-state index is 13.0. The minimum Gasteiger partial charge on any atom is -0.377 e. The Labute approximate surface area is 127 Å². The van der Waals surface area contributed by atoms with Crippen LogP contribution < -0.4 is 5.73 Å². The largest absolute Gasteiger partial charge is 0.377 e. The second-order valence-electron chi connectivity index (χ2n) is 7.00. The average Bonchev–Trinajstić information content (AvgIpc) is 2.50. The zero-order chi connectivity index (χ0) is 15.8. The van der Waals surface area contributed by atoms with Gasteiger partial charge in [-0.15, -0.1) is 0 Å². The van der Waals surface area contributed by atoms with E-state index in [9.17, 15) is 4.79 Å². The quantitative estimate of drug-likeness (QED) is 0.852. The first-order valence-corrected chi connectivity index (χ1v) is 7.90. The van der Waals surface area contributed by atoms with Gasteiger partial charge in [0.25, 0.3) is 0 Å². The van der Waals surface area contributed by atoms with Crippen molar-refractivity contribution in [3.8, 4) is 6.07 Å². The first kappa shape index (κ1) is 16.3. The molecule has 1 heterocycles. The Hall–Kier alpha value is -1.12. The molecule has 4 unspecified atom stereocenters. The maximum atomic E-state index is 13.0. The SMILES string of the molecule is CCN(CC(C)C#N)C(=O)C1(N)C2CCCOC2C1(C)C. The lowest BCUT2D eigenvalue weighted by Crippen LogP contribution is -2.82. The van der Waals surface area contributed by atoms with Crippen molar-refractivity contribution in [2.75, 3.05) is 19.7 Å². The Morgan fingerprint density at radius 3 is 2.81 bits per heavy atom. The Balaban J connectivity index is 2.21. The van der Waals surface area contributed by atoms with Crippen LogP contribution in [0.5, 0.6) is 0 Å². The van der Waals surface area contributed by atoms with Crippen LogP contribution in [0, 0.1) is 28.6 Å². The fourth-order valence-corrected chi connectivity index (χ4v) is 4.00. The van der Waals surface area contributed by atoms with Gasteiger partial charge in [0.05, 0.1) is 18.1 Å². The van der Waals surface area contributed by atoms with Crippen molar-refractivity contribution in [1.29, 1.82) is 5.26 Å². The lowest BCUT2D eigenvalue weighted by atomic mass is 9.46. The van der Waals surface area contributed by atoms with Gasteiger partial charge in [-0.05, 0) is 26.7 Å². The highest BCUT2D eigenvalue weighted by atomic mass is 16.5. The van der Waals surface area contributed by atoms with Crippen molar-refractivity contribution in [1.82, 2.24) is 4.90 Å². The van der Waals surface area contributed by atoms with Crippen molar-refractivity contribution in [3.63, 3.8) is 0 Å². The number of carbonyl (C=O) groups excluding carboxylic acids is 1. The molecule has 1 aliphatic heterocycles. The molecule has 1 aliphatic carbocycles. The van der Waals surface area contributed by atoms with E-state index in [1.54, 1.807) is 4.90 Å². The van der Waals surface area contributed by atoms with Gasteiger partial charge in [0, 0.05) is 31.0 Å². The third-order valence-corrected chi connectivity index (χ3v) is 5.42. The fraction of sp³-hybridized carbons (Fsp3) is 0.875. The van der Waals surface area contributed by atoms with Crippen molar-refractivity contribution < 1.29 is 9.53 Å². The molecule has 1 saturated heterocycles. The highest BCUT2D eigenvalue weighted by molar-refractivity contribution is 5.89. The summed E-state index contributed by atoms with van der Waals surface area (Å²) in [5.74, 6) is -0.108. The Morgan fingerprint density at radius 2 is 2.24 bits per heavy atom. The molecule has 1 saturated carbocycles. The molecule has 21 heavy (non-hydrogen) atoms. The molecule has 0 radical (unpaired) electrons. The molecule has 2 aliphatic rings. The van der Waals surface area contributed by atoms with Gasteiger partial charge in [0.2, 0.25) is 5.91 Å². The number of hydrogen-bond acceptors (Lipinski definition) is 4. The van der Waals surface area contributed by atoms with Crippen molar-refractivity contribution in [2.24, 2.45) is 23.0 Å². The Kier molecular flexibility index (Phi) is 4.32. The van der Waals surface area contributed by atoms with E-state index in [-0.39, 0.29) is 29.3 Å². The van der Waals surface area contributed by atoms with Crippen molar-refractivity contribution in [2.45, 2.75) is 52.2 Å². The van der Waals surface area contributed by atoms with Gasteiger partial charge in [-0.2, -0.15) is 5.26 Å². The number of nitrogens with two attached hydrogens (primary N) is 1. The summed E-state index contributed by atoms with van der Waals surface area (Å²) in [6.07, 6.45) is 1.98. The average molecular weight is 293 g/mol. The molecule has 0 spiro atoms. The van der Waals surface area contributed by atoms with E-state index in [1.807, 2.05) is 27.7 Å². The van der Waals surface area contributed by atoms with Crippen LogP contribution in [0.1, 0.15) is 40.5 Å². The summed E-state index contributed by atoms with van der Waals surface area (Å²) >= 11 is 0. The van der Waals surface area contributed by atoms with Crippen LogP contribution in [0.15, 0.2) is 0 Å². The van der Waals surface area contributed by atoms with Gasteiger partial charge >= 0.3 is 0 Å². The summed E-state index contributed by atoms with van der Waals surface area (Å²) in [6.45, 7) is 9.61. The second-order valence-corrected chi connectivity index (χ2v) is 7.00. The van der Waals surface area contributed by atoms with Crippen LogP contribution in [0.4, 0.5) is 0 Å². The number of nitrogens with zero attached hydrogens (tertiary/aromatic N) is 2. The third-order valence-electron chi connectivity index (χ3n) is 5.42. The Morgan fingerprint density at radius 1 is 1.57 bits per heavy atom. The van der Waals surface area contributed by atoms with Crippen LogP contribution in [-0.4, -0.2) is 42.1 Å². The van der Waals surface area contributed by atoms with E-state index in [4.69, 9.17) is 15.7 Å². The number of likely N-dealkylation sites (N-methyl/N-ethyl adjacent to an activating group) is 1. The van der Waals surface area contributed by atoms with E-state index in [2.05, 4.69) is 6.07 Å². The highest BCUT2D eigenvalue weighted by Gasteiger charge is 2.70. The molecule has 5 nitrogen and oxygen atoms in total. The number of nitriles is 1. The molecule has 2 N–H and O–H groups in total. The summed E-state index contributed by atoms with van der Waals surface area (Å²) in [5.41, 5.74) is 5.38. The molecule has 5 heteroatoms. The smallest absolute Gasteiger partial charge is 0.243 e. The molecule has 1 amide bonds. The summed E-state index contributed by atoms with van der Waals surface area (Å²) in [7, 11) is 0. The van der Waals surface area contributed by atoms with Crippen molar-refractivity contribution in [3.05, 3.63) is 0 Å².